The minimum atomic E-state index is 1.02. The zero-order valence-corrected chi connectivity index (χ0v) is 10.7. The standard InChI is InChI=1S/C11H18N2.C2H6/c1-4-10-7-8-12-11(9-10)13(5-2)6-3;1-2/h7-9H,4-6H2,1-3H3;1-2H3. The molecule has 1 aromatic heterocycles. The predicted octanol–water partition coefficient (Wildman–Crippen LogP) is 3.52. The Kier molecular flexibility index (Phi) is 7.69. The summed E-state index contributed by atoms with van der Waals surface area (Å²) in [4.78, 5) is 6.62. The van der Waals surface area contributed by atoms with Gasteiger partial charge >= 0.3 is 0 Å². The molecule has 0 fully saturated rings. The predicted molar refractivity (Wildman–Crippen MR) is 68.5 cm³/mol. The number of anilines is 1. The topological polar surface area (TPSA) is 16.1 Å². The van der Waals surface area contributed by atoms with Crippen molar-refractivity contribution in [2.45, 2.75) is 41.0 Å². The average molecular weight is 208 g/mol. The van der Waals surface area contributed by atoms with E-state index in [0.29, 0.717) is 0 Å². The fraction of sp³-hybridized carbons (Fsp3) is 0.615. The first-order valence-electron chi connectivity index (χ1n) is 6.01. The molecule has 0 bridgehead atoms. The first kappa shape index (κ1) is 13.9. The minimum Gasteiger partial charge on any atom is -0.357 e. The summed E-state index contributed by atoms with van der Waals surface area (Å²) < 4.78 is 0. The van der Waals surface area contributed by atoms with Gasteiger partial charge in [-0.1, -0.05) is 20.8 Å². The Hall–Kier alpha value is -1.05. The lowest BCUT2D eigenvalue weighted by Crippen LogP contribution is -2.22. The first-order valence-corrected chi connectivity index (χ1v) is 6.01. The maximum Gasteiger partial charge on any atom is 0.128 e. The molecule has 1 heterocycles. The van der Waals surface area contributed by atoms with Crippen molar-refractivity contribution < 1.29 is 0 Å². The van der Waals surface area contributed by atoms with Crippen molar-refractivity contribution in [1.29, 1.82) is 0 Å². The maximum absolute atomic E-state index is 4.36. The first-order chi connectivity index (χ1) is 7.31. The number of nitrogens with zero attached hydrogens (tertiary/aromatic N) is 2. The van der Waals surface area contributed by atoms with Crippen LogP contribution in [0.5, 0.6) is 0 Å². The molecule has 0 atom stereocenters. The van der Waals surface area contributed by atoms with Crippen molar-refractivity contribution in [1.82, 2.24) is 4.98 Å². The lowest BCUT2D eigenvalue weighted by atomic mass is 10.2. The summed E-state index contributed by atoms with van der Waals surface area (Å²) in [5.41, 5.74) is 1.36. The fourth-order valence-corrected chi connectivity index (χ4v) is 1.40. The third kappa shape index (κ3) is 4.32. The number of aromatic nitrogens is 1. The molecular weight excluding hydrogens is 184 g/mol. The summed E-state index contributed by atoms with van der Waals surface area (Å²) in [7, 11) is 0. The van der Waals surface area contributed by atoms with Crippen molar-refractivity contribution in [3.63, 3.8) is 0 Å². The zero-order chi connectivity index (χ0) is 11.7. The van der Waals surface area contributed by atoms with E-state index in [9.17, 15) is 0 Å². The van der Waals surface area contributed by atoms with Gasteiger partial charge in [0.2, 0.25) is 0 Å². The van der Waals surface area contributed by atoms with E-state index >= 15 is 0 Å². The lowest BCUT2D eigenvalue weighted by Gasteiger charge is -2.19. The molecule has 15 heavy (non-hydrogen) atoms. The van der Waals surface area contributed by atoms with Crippen LogP contribution in [0.25, 0.3) is 0 Å². The average Bonchev–Trinajstić information content (AvgIpc) is 2.33. The zero-order valence-electron chi connectivity index (χ0n) is 10.7. The fourth-order valence-electron chi connectivity index (χ4n) is 1.40. The van der Waals surface area contributed by atoms with E-state index in [2.05, 4.69) is 42.8 Å². The molecule has 0 aliphatic carbocycles. The van der Waals surface area contributed by atoms with Crippen LogP contribution in [0.1, 0.15) is 40.2 Å². The van der Waals surface area contributed by atoms with E-state index in [1.807, 2.05) is 20.0 Å². The third-order valence-corrected chi connectivity index (χ3v) is 2.31. The summed E-state index contributed by atoms with van der Waals surface area (Å²) in [6.07, 6.45) is 2.98. The molecule has 1 aromatic rings. The molecule has 0 aliphatic heterocycles. The number of hydrogen-bond donors (Lipinski definition) is 0. The Labute approximate surface area is 94.3 Å². The SMILES string of the molecule is CC.CCc1ccnc(N(CC)CC)c1. The molecule has 1 rings (SSSR count). The van der Waals surface area contributed by atoms with Crippen LogP contribution in [0, 0.1) is 0 Å². The summed E-state index contributed by atoms with van der Waals surface area (Å²) in [5.74, 6) is 1.10. The highest BCUT2D eigenvalue weighted by Crippen LogP contribution is 2.12. The third-order valence-electron chi connectivity index (χ3n) is 2.31. The van der Waals surface area contributed by atoms with E-state index < -0.39 is 0 Å². The smallest absolute Gasteiger partial charge is 0.128 e. The van der Waals surface area contributed by atoms with E-state index in [1.54, 1.807) is 0 Å². The Morgan fingerprint density at radius 3 is 2.20 bits per heavy atom. The van der Waals surface area contributed by atoms with Crippen molar-refractivity contribution in [2.24, 2.45) is 0 Å². The molecule has 0 radical (unpaired) electrons. The van der Waals surface area contributed by atoms with Gasteiger partial charge in [-0.25, -0.2) is 4.98 Å². The number of pyridine rings is 1. The Morgan fingerprint density at radius 2 is 1.73 bits per heavy atom. The molecule has 2 nitrogen and oxygen atoms in total. The maximum atomic E-state index is 4.36. The molecule has 0 aliphatic rings. The van der Waals surface area contributed by atoms with E-state index in [1.165, 1.54) is 5.56 Å². The molecule has 0 unspecified atom stereocenters. The monoisotopic (exact) mass is 208 g/mol. The van der Waals surface area contributed by atoms with Gasteiger partial charge in [0, 0.05) is 19.3 Å². The van der Waals surface area contributed by atoms with Crippen molar-refractivity contribution in [3.05, 3.63) is 23.9 Å². The van der Waals surface area contributed by atoms with Gasteiger partial charge in [0.15, 0.2) is 0 Å². The molecule has 0 saturated heterocycles. The molecule has 0 spiro atoms. The molecule has 86 valence electrons. The van der Waals surface area contributed by atoms with E-state index in [4.69, 9.17) is 0 Å². The van der Waals surface area contributed by atoms with Crippen LogP contribution in [0.2, 0.25) is 0 Å². The number of hydrogen-bond acceptors (Lipinski definition) is 2. The second-order valence-corrected chi connectivity index (χ2v) is 3.05. The quantitative estimate of drug-likeness (QED) is 0.752. The highest BCUT2D eigenvalue weighted by atomic mass is 15.2. The van der Waals surface area contributed by atoms with Crippen molar-refractivity contribution in [2.75, 3.05) is 18.0 Å². The van der Waals surface area contributed by atoms with Crippen LogP contribution in [0.3, 0.4) is 0 Å². The largest absolute Gasteiger partial charge is 0.357 e. The van der Waals surface area contributed by atoms with Crippen LogP contribution in [-0.4, -0.2) is 18.1 Å². The Balaban J connectivity index is 0.000000921. The molecule has 0 N–H and O–H groups in total. The number of rotatable bonds is 4. The molecule has 2 heteroatoms. The molecule has 0 aromatic carbocycles. The van der Waals surface area contributed by atoms with Gasteiger partial charge < -0.3 is 4.90 Å². The van der Waals surface area contributed by atoms with Gasteiger partial charge in [0.1, 0.15) is 5.82 Å². The molecule has 0 saturated carbocycles. The molecule has 0 amide bonds. The van der Waals surface area contributed by atoms with Crippen LogP contribution < -0.4 is 4.90 Å². The van der Waals surface area contributed by atoms with Crippen LogP contribution in [0.15, 0.2) is 18.3 Å². The van der Waals surface area contributed by atoms with Crippen molar-refractivity contribution >= 4 is 5.82 Å². The minimum absolute atomic E-state index is 1.02. The van der Waals surface area contributed by atoms with Gasteiger partial charge in [-0.15, -0.1) is 0 Å². The molecular formula is C13H24N2. The summed E-state index contributed by atoms with van der Waals surface area (Å²) in [5, 5.41) is 0. The lowest BCUT2D eigenvalue weighted by molar-refractivity contribution is 0.843. The van der Waals surface area contributed by atoms with Crippen LogP contribution in [0.4, 0.5) is 5.82 Å². The number of aryl methyl sites for hydroxylation is 1. The second-order valence-electron chi connectivity index (χ2n) is 3.05. The second kappa shape index (κ2) is 8.27. The summed E-state index contributed by atoms with van der Waals surface area (Å²) >= 11 is 0. The van der Waals surface area contributed by atoms with Gasteiger partial charge in [0.25, 0.3) is 0 Å². The normalized spacial score (nSPS) is 9.13. The van der Waals surface area contributed by atoms with E-state index in [-0.39, 0.29) is 0 Å². The Bertz CT molecular complexity index is 254. The van der Waals surface area contributed by atoms with Gasteiger partial charge in [-0.05, 0) is 38.0 Å². The van der Waals surface area contributed by atoms with Crippen LogP contribution in [-0.2, 0) is 6.42 Å². The van der Waals surface area contributed by atoms with Gasteiger partial charge in [-0.3, -0.25) is 0 Å². The van der Waals surface area contributed by atoms with E-state index in [0.717, 1.165) is 25.3 Å². The highest BCUT2D eigenvalue weighted by molar-refractivity contribution is 5.40. The van der Waals surface area contributed by atoms with Gasteiger partial charge in [0.05, 0.1) is 0 Å². The van der Waals surface area contributed by atoms with Crippen LogP contribution >= 0.6 is 0 Å². The summed E-state index contributed by atoms with van der Waals surface area (Å²) in [6.45, 7) is 12.5. The highest BCUT2D eigenvalue weighted by Gasteiger charge is 2.02. The van der Waals surface area contributed by atoms with Crippen molar-refractivity contribution in [3.8, 4) is 0 Å². The Morgan fingerprint density at radius 1 is 1.13 bits per heavy atom. The van der Waals surface area contributed by atoms with Gasteiger partial charge in [-0.2, -0.15) is 0 Å². The summed E-state index contributed by atoms with van der Waals surface area (Å²) in [6, 6.07) is 4.25.